The molecule has 0 spiro atoms. The first-order valence-electron chi connectivity index (χ1n) is 5.10. The van der Waals surface area contributed by atoms with Gasteiger partial charge in [0.25, 0.3) is 0 Å². The largest absolute Gasteiger partial charge is 0.340 e. The molecule has 0 aliphatic carbocycles. The zero-order valence-corrected chi connectivity index (χ0v) is 10.4. The van der Waals surface area contributed by atoms with Gasteiger partial charge in [0.1, 0.15) is 5.38 Å². The molecule has 0 saturated carbocycles. The average molecular weight is 238 g/mol. The van der Waals surface area contributed by atoms with Crippen LogP contribution in [-0.4, -0.2) is 24.4 Å². The maximum atomic E-state index is 11.9. The molecule has 0 fully saturated rings. The van der Waals surface area contributed by atoms with Gasteiger partial charge >= 0.3 is 0 Å². The summed E-state index contributed by atoms with van der Waals surface area (Å²) in [7, 11) is 1.73. The molecule has 3 heteroatoms. The van der Waals surface area contributed by atoms with Crippen molar-refractivity contribution in [2.75, 3.05) is 13.6 Å². The Balaban J connectivity index is 2.71. The summed E-state index contributed by atoms with van der Waals surface area (Å²) in [6.45, 7) is 6.19. The summed E-state index contributed by atoms with van der Waals surface area (Å²) in [6.07, 6.45) is 0. The maximum absolute atomic E-state index is 11.9. The number of benzene rings is 1. The summed E-state index contributed by atoms with van der Waals surface area (Å²) >= 11 is 6.11. The van der Waals surface area contributed by atoms with Crippen molar-refractivity contribution in [1.82, 2.24) is 4.90 Å². The molecule has 0 heterocycles. The smallest absolute Gasteiger partial charge is 0.245 e. The minimum absolute atomic E-state index is 0.101. The molecule has 1 aromatic carbocycles. The highest BCUT2D eigenvalue weighted by Gasteiger charge is 2.20. The highest BCUT2D eigenvalue weighted by atomic mass is 35.5. The second-order valence-corrected chi connectivity index (χ2v) is 4.36. The highest BCUT2D eigenvalue weighted by Crippen LogP contribution is 2.22. The van der Waals surface area contributed by atoms with Crippen LogP contribution in [-0.2, 0) is 4.79 Å². The molecule has 0 aliphatic heterocycles. The van der Waals surface area contributed by atoms with E-state index in [1.165, 1.54) is 0 Å². The van der Waals surface area contributed by atoms with Gasteiger partial charge in [0.2, 0.25) is 5.91 Å². The van der Waals surface area contributed by atoms with Crippen molar-refractivity contribution >= 4 is 17.5 Å². The zero-order chi connectivity index (χ0) is 12.1. The monoisotopic (exact) mass is 237 g/mol. The number of rotatable bonds is 4. The number of nitrogens with zero attached hydrogens (tertiary/aromatic N) is 1. The lowest BCUT2D eigenvalue weighted by atomic mass is 10.1. The predicted molar refractivity (Wildman–Crippen MR) is 67.5 cm³/mol. The molecule has 1 aromatic rings. The molecule has 0 saturated heterocycles. The number of carbonyl (C=O) groups is 1. The fraction of sp³-hybridized carbons (Fsp3) is 0.308. The van der Waals surface area contributed by atoms with Crippen molar-refractivity contribution in [2.45, 2.75) is 12.3 Å². The lowest BCUT2D eigenvalue weighted by Crippen LogP contribution is -2.31. The first-order chi connectivity index (χ1) is 7.52. The van der Waals surface area contributed by atoms with Crippen LogP contribution in [0.2, 0.25) is 0 Å². The van der Waals surface area contributed by atoms with Gasteiger partial charge in [0, 0.05) is 13.6 Å². The normalized spacial score (nSPS) is 11.9. The minimum Gasteiger partial charge on any atom is -0.340 e. The van der Waals surface area contributed by atoms with Gasteiger partial charge < -0.3 is 4.90 Å². The van der Waals surface area contributed by atoms with E-state index in [1.807, 2.05) is 37.3 Å². The van der Waals surface area contributed by atoms with Gasteiger partial charge in [0.05, 0.1) is 0 Å². The standard InChI is InChI=1S/C13H16ClNO/c1-10(2)9-15(3)13(16)12(14)11-7-5-4-6-8-11/h4-8,12H,1,9H2,2-3H3. The molecule has 1 amide bonds. The number of amides is 1. The van der Waals surface area contributed by atoms with Crippen LogP contribution in [0.5, 0.6) is 0 Å². The lowest BCUT2D eigenvalue weighted by Gasteiger charge is -2.20. The summed E-state index contributed by atoms with van der Waals surface area (Å²) in [5.74, 6) is -0.101. The van der Waals surface area contributed by atoms with Crippen LogP contribution >= 0.6 is 11.6 Å². The fourth-order valence-electron chi connectivity index (χ4n) is 1.44. The van der Waals surface area contributed by atoms with Gasteiger partial charge in [-0.3, -0.25) is 4.79 Å². The van der Waals surface area contributed by atoms with Gasteiger partial charge in [-0.15, -0.1) is 11.6 Å². The van der Waals surface area contributed by atoms with Crippen LogP contribution in [0, 0.1) is 0 Å². The quantitative estimate of drug-likeness (QED) is 0.582. The van der Waals surface area contributed by atoms with Gasteiger partial charge in [-0.1, -0.05) is 42.5 Å². The number of carbonyl (C=O) groups excluding carboxylic acids is 1. The third-order valence-corrected chi connectivity index (χ3v) is 2.63. The average Bonchev–Trinajstić information content (AvgIpc) is 2.27. The molecule has 0 radical (unpaired) electrons. The molecule has 1 atom stereocenters. The summed E-state index contributed by atoms with van der Waals surface area (Å²) in [5, 5.41) is -0.620. The molecule has 1 rings (SSSR count). The maximum Gasteiger partial charge on any atom is 0.245 e. The number of hydrogen-bond donors (Lipinski definition) is 0. The summed E-state index contributed by atoms with van der Waals surface area (Å²) in [5.41, 5.74) is 1.76. The molecule has 2 nitrogen and oxygen atoms in total. The minimum atomic E-state index is -0.620. The van der Waals surface area contributed by atoms with Crippen LogP contribution < -0.4 is 0 Å². The van der Waals surface area contributed by atoms with E-state index in [1.54, 1.807) is 11.9 Å². The Hall–Kier alpha value is -1.28. The van der Waals surface area contributed by atoms with E-state index >= 15 is 0 Å². The Morgan fingerprint density at radius 1 is 1.44 bits per heavy atom. The van der Waals surface area contributed by atoms with Crippen LogP contribution in [0.4, 0.5) is 0 Å². The molecule has 86 valence electrons. The van der Waals surface area contributed by atoms with Crippen molar-refractivity contribution in [3.05, 3.63) is 48.0 Å². The Morgan fingerprint density at radius 2 is 2.00 bits per heavy atom. The molecule has 0 aliphatic rings. The summed E-state index contributed by atoms with van der Waals surface area (Å²) in [4.78, 5) is 13.5. The SMILES string of the molecule is C=C(C)CN(C)C(=O)C(Cl)c1ccccc1. The molecule has 0 bridgehead atoms. The van der Waals surface area contributed by atoms with E-state index in [2.05, 4.69) is 6.58 Å². The van der Waals surface area contributed by atoms with E-state index in [4.69, 9.17) is 11.6 Å². The summed E-state index contributed by atoms with van der Waals surface area (Å²) < 4.78 is 0. The van der Waals surface area contributed by atoms with Gasteiger partial charge in [-0.2, -0.15) is 0 Å². The van der Waals surface area contributed by atoms with Crippen molar-refractivity contribution in [2.24, 2.45) is 0 Å². The van der Waals surface area contributed by atoms with E-state index in [0.717, 1.165) is 11.1 Å². The molecule has 0 N–H and O–H groups in total. The first-order valence-corrected chi connectivity index (χ1v) is 5.54. The van der Waals surface area contributed by atoms with Crippen LogP contribution in [0.25, 0.3) is 0 Å². The van der Waals surface area contributed by atoms with Crippen LogP contribution in [0.1, 0.15) is 17.9 Å². The second kappa shape index (κ2) is 5.71. The number of alkyl halides is 1. The molecule has 16 heavy (non-hydrogen) atoms. The Labute approximate surface area is 102 Å². The first kappa shape index (κ1) is 12.8. The summed E-state index contributed by atoms with van der Waals surface area (Å²) in [6, 6.07) is 9.34. The van der Waals surface area contributed by atoms with Gasteiger partial charge in [-0.05, 0) is 12.5 Å². The molecular weight excluding hydrogens is 222 g/mol. The zero-order valence-electron chi connectivity index (χ0n) is 9.61. The lowest BCUT2D eigenvalue weighted by molar-refractivity contribution is -0.129. The number of halogens is 1. The van der Waals surface area contributed by atoms with E-state index in [-0.39, 0.29) is 5.91 Å². The van der Waals surface area contributed by atoms with E-state index in [0.29, 0.717) is 6.54 Å². The van der Waals surface area contributed by atoms with Crippen molar-refractivity contribution in [3.63, 3.8) is 0 Å². The predicted octanol–water partition coefficient (Wildman–Crippen LogP) is 3.00. The molecular formula is C13H16ClNO. The second-order valence-electron chi connectivity index (χ2n) is 3.92. The Bertz CT molecular complexity index is 375. The van der Waals surface area contributed by atoms with Gasteiger partial charge in [0.15, 0.2) is 0 Å². The molecule has 0 aromatic heterocycles. The van der Waals surface area contributed by atoms with Crippen molar-refractivity contribution in [3.8, 4) is 0 Å². The van der Waals surface area contributed by atoms with E-state index < -0.39 is 5.38 Å². The van der Waals surface area contributed by atoms with Crippen LogP contribution in [0.3, 0.4) is 0 Å². The number of hydrogen-bond acceptors (Lipinski definition) is 1. The van der Waals surface area contributed by atoms with Crippen molar-refractivity contribution in [1.29, 1.82) is 0 Å². The third-order valence-electron chi connectivity index (χ3n) is 2.19. The van der Waals surface area contributed by atoms with Gasteiger partial charge in [-0.25, -0.2) is 0 Å². The van der Waals surface area contributed by atoms with Crippen LogP contribution in [0.15, 0.2) is 42.5 Å². The molecule has 1 unspecified atom stereocenters. The number of likely N-dealkylation sites (N-methyl/N-ethyl adjacent to an activating group) is 1. The highest BCUT2D eigenvalue weighted by molar-refractivity contribution is 6.30. The topological polar surface area (TPSA) is 20.3 Å². The Kier molecular flexibility index (Phi) is 4.56. The fourth-order valence-corrected chi connectivity index (χ4v) is 1.75. The van der Waals surface area contributed by atoms with Crippen molar-refractivity contribution < 1.29 is 4.79 Å². The third kappa shape index (κ3) is 3.38. The van der Waals surface area contributed by atoms with E-state index in [9.17, 15) is 4.79 Å². The Morgan fingerprint density at radius 3 is 2.50 bits per heavy atom.